The number of nitrogens with zero attached hydrogens (tertiary/aromatic N) is 1. The molecule has 2 amide bonds. The largest absolute Gasteiger partial charge is 0.497 e. The van der Waals surface area contributed by atoms with Gasteiger partial charge in [0.2, 0.25) is 11.8 Å². The topological polar surface area (TPSA) is 58.6 Å². The van der Waals surface area contributed by atoms with E-state index in [9.17, 15) is 9.59 Å². The van der Waals surface area contributed by atoms with E-state index >= 15 is 0 Å². The molecule has 5 nitrogen and oxygen atoms in total. The zero-order chi connectivity index (χ0) is 20.3. The van der Waals surface area contributed by atoms with Gasteiger partial charge in [0.25, 0.3) is 0 Å². The predicted octanol–water partition coefficient (Wildman–Crippen LogP) is 4.85. The molecule has 1 aliphatic heterocycles. The molecule has 2 aromatic rings. The first-order chi connectivity index (χ1) is 13.3. The van der Waals surface area contributed by atoms with Crippen LogP contribution in [-0.4, -0.2) is 24.7 Å². The van der Waals surface area contributed by atoms with Crippen LogP contribution < -0.4 is 15.0 Å². The van der Waals surface area contributed by atoms with Crippen molar-refractivity contribution in [3.8, 4) is 5.75 Å². The molecule has 148 valence electrons. The maximum atomic E-state index is 12.6. The number of carbonyl (C=O) groups is 2. The van der Waals surface area contributed by atoms with E-state index in [0.29, 0.717) is 17.9 Å². The summed E-state index contributed by atoms with van der Waals surface area (Å²) in [5.41, 5.74) is 2.46. The van der Waals surface area contributed by atoms with E-state index in [1.165, 1.54) is 0 Å². The van der Waals surface area contributed by atoms with Crippen molar-refractivity contribution in [3.05, 3.63) is 54.1 Å². The fourth-order valence-corrected chi connectivity index (χ4v) is 4.33. The number of hydrogen-bond donors (Lipinski definition) is 1. The Morgan fingerprint density at radius 3 is 2.68 bits per heavy atom. The number of thioether (sulfide) groups is 1. The minimum atomic E-state index is -0.140. The Bertz CT molecular complexity index is 876. The Labute approximate surface area is 170 Å². The lowest BCUT2D eigenvalue weighted by atomic mass is 9.92. The van der Waals surface area contributed by atoms with Crippen LogP contribution >= 0.6 is 11.8 Å². The second kappa shape index (κ2) is 8.27. The first kappa shape index (κ1) is 20.3. The molecule has 0 bridgehead atoms. The molecule has 1 N–H and O–H groups in total. The van der Waals surface area contributed by atoms with Crippen LogP contribution in [0, 0.1) is 5.41 Å². The lowest BCUT2D eigenvalue weighted by Gasteiger charge is -2.25. The number of benzene rings is 2. The Kier molecular flexibility index (Phi) is 5.98. The third kappa shape index (κ3) is 4.87. The van der Waals surface area contributed by atoms with Crippen molar-refractivity contribution in [2.24, 2.45) is 5.41 Å². The number of nitrogens with one attached hydrogen (secondary N) is 1. The molecule has 0 aliphatic carbocycles. The van der Waals surface area contributed by atoms with Crippen LogP contribution in [0.1, 0.15) is 38.1 Å². The molecule has 0 aromatic heterocycles. The summed E-state index contributed by atoms with van der Waals surface area (Å²) in [4.78, 5) is 26.6. The normalized spacial score (nSPS) is 16.9. The van der Waals surface area contributed by atoms with Gasteiger partial charge < -0.3 is 10.1 Å². The maximum absolute atomic E-state index is 12.6. The van der Waals surface area contributed by atoms with Crippen molar-refractivity contribution >= 4 is 35.0 Å². The van der Waals surface area contributed by atoms with E-state index in [1.807, 2.05) is 69.3 Å². The molecule has 0 unspecified atom stereocenters. The Balaban J connectivity index is 1.83. The zero-order valence-electron chi connectivity index (χ0n) is 16.7. The van der Waals surface area contributed by atoms with Crippen LogP contribution in [0.3, 0.4) is 0 Å². The van der Waals surface area contributed by atoms with E-state index in [2.05, 4.69) is 5.32 Å². The minimum absolute atomic E-state index is 0.00977. The van der Waals surface area contributed by atoms with Gasteiger partial charge in [0.05, 0.1) is 12.9 Å². The third-order valence-electron chi connectivity index (χ3n) is 4.35. The third-order valence-corrected chi connectivity index (χ3v) is 5.56. The van der Waals surface area contributed by atoms with Gasteiger partial charge in [-0.2, -0.15) is 0 Å². The van der Waals surface area contributed by atoms with Gasteiger partial charge >= 0.3 is 0 Å². The molecule has 1 saturated heterocycles. The van der Waals surface area contributed by atoms with E-state index in [-0.39, 0.29) is 22.6 Å². The van der Waals surface area contributed by atoms with Gasteiger partial charge in [-0.25, -0.2) is 0 Å². The number of rotatable bonds is 5. The molecule has 28 heavy (non-hydrogen) atoms. The summed E-state index contributed by atoms with van der Waals surface area (Å²) in [5, 5.41) is 2.84. The molecule has 0 saturated carbocycles. The van der Waals surface area contributed by atoms with Gasteiger partial charge in [-0.3, -0.25) is 14.5 Å². The Morgan fingerprint density at radius 2 is 1.96 bits per heavy atom. The van der Waals surface area contributed by atoms with Gasteiger partial charge in [0, 0.05) is 23.9 Å². The smallest absolute Gasteiger partial charge is 0.238 e. The fraction of sp³-hybridized carbons (Fsp3) is 0.364. The average molecular weight is 399 g/mol. The van der Waals surface area contributed by atoms with Gasteiger partial charge in [-0.15, -0.1) is 11.8 Å². The summed E-state index contributed by atoms with van der Waals surface area (Å²) in [6.45, 7) is 6.11. The lowest BCUT2D eigenvalue weighted by Crippen LogP contribution is -2.27. The van der Waals surface area contributed by atoms with Crippen LogP contribution in [0.25, 0.3) is 0 Å². The first-order valence-corrected chi connectivity index (χ1v) is 10.3. The van der Waals surface area contributed by atoms with Crippen molar-refractivity contribution in [1.29, 1.82) is 0 Å². The molecule has 2 aromatic carbocycles. The summed E-state index contributed by atoms with van der Waals surface area (Å²) >= 11 is 1.58. The summed E-state index contributed by atoms with van der Waals surface area (Å²) in [6, 6.07) is 15.2. The molecule has 1 heterocycles. The quantitative estimate of drug-likeness (QED) is 0.782. The minimum Gasteiger partial charge on any atom is -0.497 e. The van der Waals surface area contributed by atoms with E-state index < -0.39 is 0 Å². The number of ether oxygens (including phenoxy) is 1. The van der Waals surface area contributed by atoms with Crippen LogP contribution in [0.5, 0.6) is 5.75 Å². The molecule has 6 heteroatoms. The molecule has 3 rings (SSSR count). The van der Waals surface area contributed by atoms with Crippen molar-refractivity contribution in [2.45, 2.75) is 32.6 Å². The number of methoxy groups -OCH3 is 1. The predicted molar refractivity (Wildman–Crippen MR) is 115 cm³/mol. The van der Waals surface area contributed by atoms with E-state index in [0.717, 1.165) is 16.9 Å². The number of anilines is 2. The average Bonchev–Trinajstić information content (AvgIpc) is 3.02. The summed E-state index contributed by atoms with van der Waals surface area (Å²) in [6.07, 6.45) is 0.448. The lowest BCUT2D eigenvalue weighted by molar-refractivity contribution is -0.118. The number of hydrogen-bond acceptors (Lipinski definition) is 4. The summed E-state index contributed by atoms with van der Waals surface area (Å²) in [7, 11) is 1.61. The monoisotopic (exact) mass is 398 g/mol. The molecule has 0 radical (unpaired) electrons. The SMILES string of the molecule is COc1cccc(N2C(=O)CS[C@@H]2c2cccc(NC(=O)CC(C)(C)C)c2)c1. The van der Waals surface area contributed by atoms with Gasteiger partial charge in [-0.1, -0.05) is 39.0 Å². The van der Waals surface area contributed by atoms with Gasteiger partial charge in [-0.05, 0) is 35.2 Å². The highest BCUT2D eigenvalue weighted by Crippen LogP contribution is 2.42. The van der Waals surface area contributed by atoms with Crippen LogP contribution in [-0.2, 0) is 9.59 Å². The van der Waals surface area contributed by atoms with Crippen molar-refractivity contribution < 1.29 is 14.3 Å². The molecule has 1 atom stereocenters. The molecule has 0 spiro atoms. The number of amides is 2. The second-order valence-corrected chi connectivity index (χ2v) is 9.11. The molecule has 1 fully saturated rings. The molecule has 1 aliphatic rings. The van der Waals surface area contributed by atoms with Crippen molar-refractivity contribution in [2.75, 3.05) is 23.1 Å². The van der Waals surface area contributed by atoms with Gasteiger partial charge in [0.1, 0.15) is 11.1 Å². The standard InChI is InChI=1S/C22H26N2O3S/c1-22(2,3)13-19(25)23-16-8-5-7-15(11-16)21-24(20(26)14-28-21)17-9-6-10-18(12-17)27-4/h5-12,21H,13-14H2,1-4H3,(H,23,25)/t21-/m1/s1. The highest BCUT2D eigenvalue weighted by atomic mass is 32.2. The van der Waals surface area contributed by atoms with Gasteiger partial charge in [0.15, 0.2) is 0 Å². The van der Waals surface area contributed by atoms with Crippen LogP contribution in [0.15, 0.2) is 48.5 Å². The second-order valence-electron chi connectivity index (χ2n) is 8.04. The molecular weight excluding hydrogens is 372 g/mol. The maximum Gasteiger partial charge on any atom is 0.238 e. The zero-order valence-corrected chi connectivity index (χ0v) is 17.5. The Hall–Kier alpha value is -2.47. The van der Waals surface area contributed by atoms with Crippen LogP contribution in [0.2, 0.25) is 0 Å². The van der Waals surface area contributed by atoms with E-state index in [4.69, 9.17) is 4.74 Å². The number of carbonyl (C=O) groups excluding carboxylic acids is 2. The highest BCUT2D eigenvalue weighted by Gasteiger charge is 2.34. The highest BCUT2D eigenvalue weighted by molar-refractivity contribution is 8.00. The Morgan fingerprint density at radius 1 is 1.21 bits per heavy atom. The van der Waals surface area contributed by atoms with Crippen molar-refractivity contribution in [3.63, 3.8) is 0 Å². The molecular formula is C22H26N2O3S. The first-order valence-electron chi connectivity index (χ1n) is 9.24. The van der Waals surface area contributed by atoms with E-state index in [1.54, 1.807) is 23.8 Å². The fourth-order valence-electron chi connectivity index (χ4n) is 3.17. The van der Waals surface area contributed by atoms with Crippen molar-refractivity contribution in [1.82, 2.24) is 0 Å². The van der Waals surface area contributed by atoms with Crippen LogP contribution in [0.4, 0.5) is 11.4 Å². The summed E-state index contributed by atoms with van der Waals surface area (Å²) < 4.78 is 5.30. The summed E-state index contributed by atoms with van der Waals surface area (Å²) in [5.74, 6) is 1.18.